The van der Waals surface area contributed by atoms with E-state index in [9.17, 15) is 55.5 Å². The van der Waals surface area contributed by atoms with Gasteiger partial charge < -0.3 is 69.6 Å². The van der Waals surface area contributed by atoms with Gasteiger partial charge in [0.1, 0.15) is 66.9 Å². The molecule has 320 valence electrons. The maximum atomic E-state index is 13.5. The summed E-state index contributed by atoms with van der Waals surface area (Å²) in [5.74, 6) is -2.70. The number of hydrogen-bond acceptors (Lipinski definition) is 16. The molecule has 0 bridgehead atoms. The first kappa shape index (κ1) is 47.7. The molecule has 2 saturated heterocycles. The van der Waals surface area contributed by atoms with E-state index in [2.05, 4.69) is 6.92 Å². The minimum absolute atomic E-state index is 0.0396. The number of hydrogen-bond donors (Lipinski definition) is 9. The van der Waals surface area contributed by atoms with Gasteiger partial charge in [-0.1, -0.05) is 76.5 Å². The molecule has 2 aliphatic rings. The summed E-state index contributed by atoms with van der Waals surface area (Å²) in [6.45, 7) is 5.21. The van der Waals surface area contributed by atoms with Crippen molar-refractivity contribution in [2.75, 3.05) is 13.2 Å². The average molecular weight is 809 g/mol. The summed E-state index contributed by atoms with van der Waals surface area (Å²) >= 11 is 0. The number of unbranched alkanes of at least 4 members (excludes halogenated alkanes) is 3. The van der Waals surface area contributed by atoms with Gasteiger partial charge in [-0.15, -0.1) is 0 Å². The Morgan fingerprint density at radius 1 is 0.895 bits per heavy atom. The largest absolute Gasteiger partial charge is 0.508 e. The number of rotatable bonds is 20. The van der Waals surface area contributed by atoms with Crippen molar-refractivity contribution < 1.29 is 79.2 Å². The van der Waals surface area contributed by atoms with Gasteiger partial charge in [-0.05, 0) is 43.7 Å². The smallest absolute Gasteiger partial charge is 0.334 e. The third-order valence-corrected chi connectivity index (χ3v) is 10.1. The van der Waals surface area contributed by atoms with Crippen molar-refractivity contribution in [1.29, 1.82) is 0 Å². The van der Waals surface area contributed by atoms with E-state index in [1.807, 2.05) is 19.9 Å². The summed E-state index contributed by atoms with van der Waals surface area (Å²) in [7, 11) is 0. The lowest BCUT2D eigenvalue weighted by Crippen LogP contribution is -2.64. The Bertz CT molecular complexity index is 1540. The maximum Gasteiger partial charge on any atom is 0.334 e. The number of ether oxygens (including phenoxy) is 5. The number of aliphatic hydroxyl groups is 7. The van der Waals surface area contributed by atoms with Crippen LogP contribution in [0.2, 0.25) is 0 Å². The number of phenols is 2. The Morgan fingerprint density at radius 2 is 1.63 bits per heavy atom. The fourth-order valence-corrected chi connectivity index (χ4v) is 6.33. The number of allylic oxidation sites excluding steroid dienone is 5. The van der Waals surface area contributed by atoms with Gasteiger partial charge in [-0.2, -0.15) is 0 Å². The number of benzene rings is 1. The molecule has 16 nitrogen and oxygen atoms in total. The summed E-state index contributed by atoms with van der Waals surface area (Å²) < 4.78 is 28.6. The molecule has 2 unspecified atom stereocenters. The highest BCUT2D eigenvalue weighted by Gasteiger charge is 2.53. The standard InChI is InChI=1S/C41H60O16/c1-5-7-8-9-10-11-12-17-31(47)53-22-30-33(48)34(49)35(50)41(55-30)57-37-29(21-43)54-38(32-25(20-42)18-26(44)19-28(32)46)36(51)39(37)56-40(52)24(4)15-13-14-16-27(45)23(3)6-2/h10-15,17-19,23,27,29-30,33-39,41-46,48-51H,5-9,16,20-22H2,1-4H3/b11-10-,14-13+,17-12+,24-15+/t23?,27?,29-,30-,33+,34+,35-,36+,37-,38+,39-,41+/m1/s1. The predicted molar refractivity (Wildman–Crippen MR) is 204 cm³/mol. The van der Waals surface area contributed by atoms with Crippen LogP contribution in [0.15, 0.2) is 60.2 Å². The van der Waals surface area contributed by atoms with E-state index in [-0.39, 0.29) is 22.6 Å². The Hall–Kier alpha value is -3.68. The fourth-order valence-electron chi connectivity index (χ4n) is 6.33. The first-order valence-corrected chi connectivity index (χ1v) is 19.4. The molecule has 0 amide bonds. The lowest BCUT2D eigenvalue weighted by molar-refractivity contribution is -0.343. The molecule has 2 fully saturated rings. The molecule has 1 aromatic rings. The minimum atomic E-state index is -1.95. The number of aliphatic hydroxyl groups excluding tert-OH is 7. The summed E-state index contributed by atoms with van der Waals surface area (Å²) in [6.07, 6.45) is -1.90. The minimum Gasteiger partial charge on any atom is -0.508 e. The van der Waals surface area contributed by atoms with Crippen LogP contribution in [-0.4, -0.2) is 132 Å². The van der Waals surface area contributed by atoms with Gasteiger partial charge in [0.15, 0.2) is 12.4 Å². The molecule has 0 aliphatic carbocycles. The van der Waals surface area contributed by atoms with Gasteiger partial charge in [-0.3, -0.25) is 0 Å². The van der Waals surface area contributed by atoms with Gasteiger partial charge >= 0.3 is 11.9 Å². The highest BCUT2D eigenvalue weighted by atomic mass is 16.7. The van der Waals surface area contributed by atoms with Gasteiger partial charge in [0, 0.05) is 23.3 Å². The highest BCUT2D eigenvalue weighted by Crippen LogP contribution is 2.42. The van der Waals surface area contributed by atoms with E-state index in [4.69, 9.17) is 23.7 Å². The molecule has 1 aromatic carbocycles. The number of phenolic OH excluding ortho intramolecular Hbond substituents is 2. The van der Waals surface area contributed by atoms with Crippen LogP contribution >= 0.6 is 0 Å². The molecule has 16 heteroatoms. The van der Waals surface area contributed by atoms with Crippen LogP contribution in [0.5, 0.6) is 11.5 Å². The third kappa shape index (κ3) is 13.4. The van der Waals surface area contributed by atoms with E-state index in [0.717, 1.165) is 50.3 Å². The number of aromatic hydroxyl groups is 2. The summed E-state index contributed by atoms with van der Waals surface area (Å²) in [6, 6.07) is 2.06. The zero-order valence-electron chi connectivity index (χ0n) is 32.9. The normalized spacial score (nSPS) is 29.6. The van der Waals surface area contributed by atoms with Gasteiger partial charge in [-0.25, -0.2) is 9.59 Å². The summed E-state index contributed by atoms with van der Waals surface area (Å²) in [4.78, 5) is 25.9. The fraction of sp³-hybridized carbons (Fsp3) is 0.610. The van der Waals surface area contributed by atoms with Crippen LogP contribution < -0.4 is 0 Å². The summed E-state index contributed by atoms with van der Waals surface area (Å²) in [5, 5.41) is 95.7. The molecular formula is C41H60O16. The van der Waals surface area contributed by atoms with Crippen LogP contribution in [-0.2, 0) is 39.9 Å². The van der Waals surface area contributed by atoms with Crippen LogP contribution in [0.25, 0.3) is 0 Å². The second-order valence-corrected chi connectivity index (χ2v) is 14.3. The second kappa shape index (κ2) is 23.7. The van der Waals surface area contributed by atoms with Crippen molar-refractivity contribution in [3.63, 3.8) is 0 Å². The molecule has 9 N–H and O–H groups in total. The monoisotopic (exact) mass is 808 g/mol. The molecule has 2 aliphatic heterocycles. The predicted octanol–water partition coefficient (Wildman–Crippen LogP) is 2.02. The van der Waals surface area contributed by atoms with E-state index in [1.165, 1.54) is 19.1 Å². The lowest BCUT2D eigenvalue weighted by atomic mass is 9.88. The molecule has 2 heterocycles. The van der Waals surface area contributed by atoms with Gasteiger partial charge in [0.2, 0.25) is 0 Å². The highest BCUT2D eigenvalue weighted by molar-refractivity contribution is 5.88. The molecule has 3 rings (SSSR count). The van der Waals surface area contributed by atoms with Crippen molar-refractivity contribution in [3.05, 3.63) is 71.4 Å². The molecule has 0 aromatic heterocycles. The quantitative estimate of drug-likeness (QED) is 0.0395. The Labute approximate surface area is 332 Å². The molecule has 12 atom stereocenters. The second-order valence-electron chi connectivity index (χ2n) is 14.3. The average Bonchev–Trinajstić information content (AvgIpc) is 3.19. The SMILES string of the molecule is CCCCC/C=C\C=C\C(=O)OC[C@H]1O[C@@H](O[C@H]2[C@H](OC(=O)/C(C)=C/C=C/CC(O)C(C)CC)[C@@H](O)[C@H](c3c(O)cc(O)cc3CO)O[C@@H]2CO)[C@H](O)[C@@H](O)[C@H]1O. The van der Waals surface area contributed by atoms with Crippen molar-refractivity contribution in [2.24, 2.45) is 5.92 Å². The molecule has 0 saturated carbocycles. The lowest BCUT2D eigenvalue weighted by Gasteiger charge is -2.47. The van der Waals surface area contributed by atoms with Crippen molar-refractivity contribution in [2.45, 2.75) is 140 Å². The first-order valence-electron chi connectivity index (χ1n) is 19.4. The number of carbonyl (C=O) groups is 2. The van der Waals surface area contributed by atoms with Gasteiger partial charge in [0.25, 0.3) is 0 Å². The van der Waals surface area contributed by atoms with E-state index in [1.54, 1.807) is 18.2 Å². The van der Waals surface area contributed by atoms with Crippen LogP contribution in [0.3, 0.4) is 0 Å². The van der Waals surface area contributed by atoms with Crippen LogP contribution in [0.4, 0.5) is 0 Å². The molecule has 0 spiro atoms. The van der Waals surface area contributed by atoms with Crippen molar-refractivity contribution in [1.82, 2.24) is 0 Å². The van der Waals surface area contributed by atoms with E-state index < -0.39 is 111 Å². The van der Waals surface area contributed by atoms with E-state index in [0.29, 0.717) is 6.42 Å². The maximum absolute atomic E-state index is 13.5. The number of esters is 2. The van der Waals surface area contributed by atoms with Gasteiger partial charge in [0.05, 0.1) is 19.3 Å². The molecule has 57 heavy (non-hydrogen) atoms. The van der Waals surface area contributed by atoms with Crippen molar-refractivity contribution in [3.8, 4) is 11.5 Å². The topological polar surface area (TPSA) is 262 Å². The van der Waals surface area contributed by atoms with E-state index >= 15 is 0 Å². The Balaban J connectivity index is 1.89. The van der Waals surface area contributed by atoms with Crippen LogP contribution in [0.1, 0.15) is 83.5 Å². The Morgan fingerprint density at radius 3 is 2.30 bits per heavy atom. The zero-order valence-corrected chi connectivity index (χ0v) is 32.9. The third-order valence-electron chi connectivity index (χ3n) is 10.1. The first-order chi connectivity index (χ1) is 27.2. The summed E-state index contributed by atoms with van der Waals surface area (Å²) in [5.41, 5.74) is -0.208. The molecule has 0 radical (unpaired) electrons. The van der Waals surface area contributed by atoms with Crippen molar-refractivity contribution >= 4 is 11.9 Å². The Kier molecular flexibility index (Phi) is 19.8. The van der Waals surface area contributed by atoms with Crippen LogP contribution in [0, 0.1) is 5.92 Å². The molecular weight excluding hydrogens is 748 g/mol. The number of carbonyl (C=O) groups excluding carboxylic acids is 2. The zero-order chi connectivity index (χ0) is 42.2.